The molecule has 3 heteroatoms. The van der Waals surface area contributed by atoms with Gasteiger partial charge in [0.2, 0.25) is 0 Å². The molecule has 0 aliphatic rings. The highest BCUT2D eigenvalue weighted by Gasteiger charge is 2.29. The Morgan fingerprint density at radius 2 is 0.848 bits per heavy atom. The Labute approximate surface area is 201 Å². The van der Waals surface area contributed by atoms with Gasteiger partial charge < -0.3 is 10.2 Å². The lowest BCUT2D eigenvalue weighted by Crippen LogP contribution is -2.20. The van der Waals surface area contributed by atoms with E-state index in [9.17, 15) is 15.0 Å². The first kappa shape index (κ1) is 27.0. The zero-order valence-electron chi connectivity index (χ0n) is 22.8. The summed E-state index contributed by atoms with van der Waals surface area (Å²) in [5, 5.41) is 22.0. The van der Waals surface area contributed by atoms with Crippen LogP contribution in [0.25, 0.3) is 0 Å². The predicted octanol–water partition coefficient (Wildman–Crippen LogP) is 7.71. The average Bonchev–Trinajstić information content (AvgIpc) is 2.59. The minimum atomic E-state index is -0.294. The number of hydrogen-bond donors (Lipinski definition) is 2. The van der Waals surface area contributed by atoms with E-state index in [0.717, 1.165) is 27.8 Å². The van der Waals surface area contributed by atoms with Crippen LogP contribution in [0.3, 0.4) is 0 Å². The fourth-order valence-electron chi connectivity index (χ4n) is 4.17. The molecule has 0 heterocycles. The van der Waals surface area contributed by atoms with Crippen molar-refractivity contribution in [1.29, 1.82) is 0 Å². The number of carbonyl (C=O) groups excluding carboxylic acids is 1. The van der Waals surface area contributed by atoms with Gasteiger partial charge in [-0.2, -0.15) is 0 Å². The molecule has 0 aromatic heterocycles. The third kappa shape index (κ3) is 5.99. The largest absolute Gasteiger partial charge is 0.507 e. The fourth-order valence-corrected chi connectivity index (χ4v) is 4.17. The van der Waals surface area contributed by atoms with E-state index in [4.69, 9.17) is 0 Å². The number of phenolic OH excluding ortho intramolecular Hbond substituents is 2. The summed E-state index contributed by atoms with van der Waals surface area (Å²) in [4.78, 5) is 13.5. The number of hydrogen-bond acceptors (Lipinski definition) is 3. The summed E-state index contributed by atoms with van der Waals surface area (Å²) < 4.78 is 0. The number of Topliss-reactive ketones (excluding diaryl/α,β-unsaturated/α-hetero) is 1. The first-order valence-electron chi connectivity index (χ1n) is 11.9. The molecule has 0 unspecified atom stereocenters. The summed E-state index contributed by atoms with van der Waals surface area (Å²) in [6, 6.07) is 7.64. The van der Waals surface area contributed by atoms with E-state index < -0.39 is 0 Å². The minimum absolute atomic E-state index is 0.0106. The molecule has 182 valence electrons. The summed E-state index contributed by atoms with van der Waals surface area (Å²) >= 11 is 0. The van der Waals surface area contributed by atoms with E-state index in [-0.39, 0.29) is 39.6 Å². The van der Waals surface area contributed by atoms with Crippen molar-refractivity contribution in [3.8, 4) is 11.5 Å². The second-order valence-electron chi connectivity index (χ2n) is 13.6. The molecule has 0 aliphatic heterocycles. The van der Waals surface area contributed by atoms with Crippen LogP contribution in [0.2, 0.25) is 0 Å². The molecule has 2 rings (SSSR count). The van der Waals surface area contributed by atoms with Gasteiger partial charge in [-0.3, -0.25) is 4.79 Å². The number of carbonyl (C=O) groups is 1. The molecule has 0 fully saturated rings. The van der Waals surface area contributed by atoms with Crippen molar-refractivity contribution < 1.29 is 15.0 Å². The Morgan fingerprint density at radius 1 is 0.576 bits per heavy atom. The lowest BCUT2D eigenvalue weighted by molar-refractivity contribution is 0.0992. The Kier molecular flexibility index (Phi) is 6.93. The van der Waals surface area contributed by atoms with Gasteiger partial charge in [-0.1, -0.05) is 95.2 Å². The smallest absolute Gasteiger partial charge is 0.167 e. The van der Waals surface area contributed by atoms with Gasteiger partial charge in [-0.25, -0.2) is 0 Å². The van der Waals surface area contributed by atoms with E-state index in [0.29, 0.717) is 11.3 Å². The van der Waals surface area contributed by atoms with Crippen molar-refractivity contribution in [3.63, 3.8) is 0 Å². The maximum absolute atomic E-state index is 13.5. The van der Waals surface area contributed by atoms with Crippen molar-refractivity contribution in [1.82, 2.24) is 0 Å². The van der Waals surface area contributed by atoms with E-state index in [1.807, 2.05) is 65.8 Å². The van der Waals surface area contributed by atoms with E-state index >= 15 is 0 Å². The molecule has 0 amide bonds. The van der Waals surface area contributed by atoms with Gasteiger partial charge in [0.15, 0.2) is 5.78 Å². The van der Waals surface area contributed by atoms with Crippen LogP contribution in [-0.4, -0.2) is 16.0 Å². The van der Waals surface area contributed by atoms with Crippen molar-refractivity contribution in [2.45, 2.75) is 111 Å². The van der Waals surface area contributed by atoms with Gasteiger partial charge >= 0.3 is 0 Å². The third-order valence-electron chi connectivity index (χ3n) is 6.20. The number of aromatic hydroxyl groups is 2. The van der Waals surface area contributed by atoms with Crippen molar-refractivity contribution >= 4 is 5.78 Å². The topological polar surface area (TPSA) is 57.5 Å². The lowest BCUT2D eigenvalue weighted by atomic mass is 9.77. The van der Waals surface area contributed by atoms with E-state index in [2.05, 4.69) is 41.5 Å². The molecule has 2 aromatic rings. The van der Waals surface area contributed by atoms with Gasteiger partial charge in [0.1, 0.15) is 11.5 Å². The van der Waals surface area contributed by atoms with Crippen molar-refractivity contribution in [2.75, 3.05) is 0 Å². The SMILES string of the molecule is CC(C)(C)c1cc(CC(=O)c2cc(C(C)(C)C)c(O)c(C(C)(C)C)c2)cc(C(C)(C)C)c1O. The summed E-state index contributed by atoms with van der Waals surface area (Å²) in [5.74, 6) is 0.610. The highest BCUT2D eigenvalue weighted by Crippen LogP contribution is 2.42. The van der Waals surface area contributed by atoms with Crippen LogP contribution in [0.15, 0.2) is 24.3 Å². The zero-order chi connectivity index (χ0) is 25.7. The standard InChI is InChI=1S/C30H44O3/c1-27(2,3)20-13-18(14-21(25(20)32)28(4,5)6)15-24(31)19-16-22(29(7,8)9)26(33)23(17-19)30(10,11)12/h13-14,16-17,32-33H,15H2,1-12H3. The van der Waals surface area contributed by atoms with Crippen LogP contribution in [0.5, 0.6) is 11.5 Å². The van der Waals surface area contributed by atoms with Crippen LogP contribution < -0.4 is 0 Å². The molecule has 0 radical (unpaired) electrons. The highest BCUT2D eigenvalue weighted by atomic mass is 16.3. The normalized spacial score (nSPS) is 13.3. The molecule has 0 spiro atoms. The van der Waals surface area contributed by atoms with Crippen LogP contribution in [-0.2, 0) is 28.1 Å². The van der Waals surface area contributed by atoms with Gasteiger partial charge in [0, 0.05) is 23.1 Å². The number of rotatable bonds is 3. The maximum Gasteiger partial charge on any atom is 0.167 e. The molecule has 0 atom stereocenters. The Balaban J connectivity index is 2.65. The second-order valence-corrected chi connectivity index (χ2v) is 13.6. The minimum Gasteiger partial charge on any atom is -0.507 e. The monoisotopic (exact) mass is 452 g/mol. The van der Waals surface area contributed by atoms with E-state index in [1.54, 1.807) is 0 Å². The maximum atomic E-state index is 13.5. The second kappa shape index (κ2) is 8.49. The molecular formula is C30H44O3. The van der Waals surface area contributed by atoms with Crippen LogP contribution in [0.4, 0.5) is 0 Å². The van der Waals surface area contributed by atoms with Gasteiger partial charge in [-0.15, -0.1) is 0 Å². The molecule has 33 heavy (non-hydrogen) atoms. The van der Waals surface area contributed by atoms with Gasteiger partial charge in [-0.05, 0) is 50.5 Å². The first-order chi connectivity index (χ1) is 14.6. The Morgan fingerprint density at radius 3 is 1.12 bits per heavy atom. The molecule has 0 aliphatic carbocycles. The molecular weight excluding hydrogens is 408 g/mol. The quantitative estimate of drug-likeness (QED) is 0.469. The molecule has 2 N–H and O–H groups in total. The highest BCUT2D eigenvalue weighted by molar-refractivity contribution is 5.98. The number of ketones is 1. The van der Waals surface area contributed by atoms with Crippen LogP contribution in [0, 0.1) is 0 Å². The van der Waals surface area contributed by atoms with Crippen LogP contribution >= 0.6 is 0 Å². The molecule has 0 bridgehead atoms. The molecule has 0 saturated heterocycles. The third-order valence-corrected chi connectivity index (χ3v) is 6.20. The van der Waals surface area contributed by atoms with Gasteiger partial charge in [0.05, 0.1) is 0 Å². The zero-order valence-corrected chi connectivity index (χ0v) is 22.8. The lowest BCUT2D eigenvalue weighted by Gasteiger charge is -2.29. The number of benzene rings is 2. The summed E-state index contributed by atoms with van der Waals surface area (Å²) in [6.45, 7) is 24.7. The summed E-state index contributed by atoms with van der Waals surface area (Å²) in [5.41, 5.74) is 3.71. The Hall–Kier alpha value is -2.29. The fraction of sp³-hybridized carbons (Fsp3) is 0.567. The first-order valence-corrected chi connectivity index (χ1v) is 11.9. The average molecular weight is 453 g/mol. The Bertz CT molecular complexity index is 976. The van der Waals surface area contributed by atoms with Crippen LogP contribution in [0.1, 0.15) is 121 Å². The summed E-state index contributed by atoms with van der Waals surface area (Å²) in [7, 11) is 0. The van der Waals surface area contributed by atoms with Crippen molar-refractivity contribution in [2.24, 2.45) is 0 Å². The molecule has 2 aromatic carbocycles. The van der Waals surface area contributed by atoms with E-state index in [1.165, 1.54) is 0 Å². The summed E-state index contributed by atoms with van der Waals surface area (Å²) in [6.07, 6.45) is 0.240. The predicted molar refractivity (Wildman–Crippen MR) is 139 cm³/mol. The van der Waals surface area contributed by atoms with Crippen molar-refractivity contribution in [3.05, 3.63) is 57.6 Å². The number of phenols is 2. The van der Waals surface area contributed by atoms with Gasteiger partial charge in [0.25, 0.3) is 0 Å². The molecule has 3 nitrogen and oxygen atoms in total. The molecule has 0 saturated carbocycles.